The van der Waals surface area contributed by atoms with E-state index in [2.05, 4.69) is 0 Å². The highest BCUT2D eigenvalue weighted by Crippen LogP contribution is 2.30. The van der Waals surface area contributed by atoms with Crippen LogP contribution in [0.25, 0.3) is 27.6 Å². The topological polar surface area (TPSA) is 58.2 Å². The van der Waals surface area contributed by atoms with Gasteiger partial charge in [0.15, 0.2) is 0 Å². The molecule has 0 fully saturated rings. The number of aromatic nitrogens is 3. The van der Waals surface area contributed by atoms with Gasteiger partial charge in [0.1, 0.15) is 17.1 Å². The van der Waals surface area contributed by atoms with E-state index in [1.165, 1.54) is 10.6 Å². The Kier molecular flexibility index (Phi) is 5.29. The van der Waals surface area contributed by atoms with Gasteiger partial charge in [0, 0.05) is 23.0 Å². The Morgan fingerprint density at radius 2 is 1.76 bits per heavy atom. The van der Waals surface area contributed by atoms with Crippen LogP contribution in [0.15, 0.2) is 70.3 Å². The maximum absolute atomic E-state index is 14.6. The first-order chi connectivity index (χ1) is 16.3. The predicted octanol–water partition coefficient (Wildman–Crippen LogP) is 4.80. The Hall–Kier alpha value is -3.84. The minimum atomic E-state index is -0.582. The van der Waals surface area contributed by atoms with Gasteiger partial charge < -0.3 is 9.30 Å². The molecule has 0 unspecified atom stereocenters. The van der Waals surface area contributed by atoms with Gasteiger partial charge in [-0.1, -0.05) is 35.9 Å². The number of aryl methyl sites for hydroxylation is 2. The molecule has 2 heterocycles. The first kappa shape index (κ1) is 22.0. The van der Waals surface area contributed by atoms with Crippen LogP contribution >= 0.6 is 11.6 Å². The predicted molar refractivity (Wildman–Crippen MR) is 132 cm³/mol. The standard InChI is InChI=1S/C26H21ClFN3O3/c1-15-8-9-17(27)12-22(15)31-25(32)24-23(19-13-18(34-3)10-11-21(19)29(24)2)30(26(31)33)14-16-6-4-5-7-20(16)28/h4-13H,14H2,1-3H3. The van der Waals surface area contributed by atoms with Crippen LogP contribution < -0.4 is 16.0 Å². The van der Waals surface area contributed by atoms with Crippen LogP contribution in [0, 0.1) is 12.7 Å². The third-order valence-corrected chi connectivity index (χ3v) is 6.41. The number of hydrogen-bond acceptors (Lipinski definition) is 3. The van der Waals surface area contributed by atoms with Crippen molar-refractivity contribution >= 4 is 33.5 Å². The maximum Gasteiger partial charge on any atom is 0.336 e. The average Bonchev–Trinajstić information content (AvgIpc) is 3.12. The third kappa shape index (κ3) is 3.31. The molecule has 2 aromatic heterocycles. The lowest BCUT2D eigenvalue weighted by Crippen LogP contribution is -2.40. The van der Waals surface area contributed by atoms with Gasteiger partial charge >= 0.3 is 5.69 Å². The second-order valence-corrected chi connectivity index (χ2v) is 8.61. The van der Waals surface area contributed by atoms with Gasteiger partial charge in [-0.05, 0) is 48.9 Å². The smallest absolute Gasteiger partial charge is 0.336 e. The summed E-state index contributed by atoms with van der Waals surface area (Å²) in [5, 5.41) is 1.06. The van der Waals surface area contributed by atoms with Crippen molar-refractivity contribution < 1.29 is 9.13 Å². The van der Waals surface area contributed by atoms with Gasteiger partial charge in [0.2, 0.25) is 0 Å². The number of hydrogen-bond donors (Lipinski definition) is 0. The highest BCUT2D eigenvalue weighted by Gasteiger charge is 2.23. The first-order valence-corrected chi connectivity index (χ1v) is 11.0. The number of benzene rings is 3. The summed E-state index contributed by atoms with van der Waals surface area (Å²) in [6.45, 7) is 1.74. The zero-order valence-electron chi connectivity index (χ0n) is 18.8. The third-order valence-electron chi connectivity index (χ3n) is 6.18. The van der Waals surface area contributed by atoms with Crippen molar-refractivity contribution in [2.24, 2.45) is 7.05 Å². The van der Waals surface area contributed by atoms with Crippen LogP contribution in [0.2, 0.25) is 5.02 Å². The van der Waals surface area contributed by atoms with E-state index in [9.17, 15) is 14.0 Å². The van der Waals surface area contributed by atoms with Gasteiger partial charge in [0.25, 0.3) is 5.56 Å². The zero-order chi connectivity index (χ0) is 24.1. The summed E-state index contributed by atoms with van der Waals surface area (Å²) in [4.78, 5) is 27.7. The molecule has 6 nitrogen and oxygen atoms in total. The molecular formula is C26H21ClFN3O3. The van der Waals surface area contributed by atoms with Crippen molar-refractivity contribution in [3.8, 4) is 11.4 Å². The molecule has 0 saturated carbocycles. The number of ether oxygens (including phenoxy) is 1. The fourth-order valence-electron chi connectivity index (χ4n) is 4.44. The van der Waals surface area contributed by atoms with Crippen molar-refractivity contribution in [3.63, 3.8) is 0 Å². The van der Waals surface area contributed by atoms with Crippen molar-refractivity contribution in [2.75, 3.05) is 7.11 Å². The molecule has 172 valence electrons. The number of rotatable bonds is 4. The lowest BCUT2D eigenvalue weighted by atomic mass is 10.1. The summed E-state index contributed by atoms with van der Waals surface area (Å²) in [5.74, 6) is 0.150. The molecule has 0 N–H and O–H groups in total. The second-order valence-electron chi connectivity index (χ2n) is 8.17. The zero-order valence-corrected chi connectivity index (χ0v) is 19.6. The van der Waals surface area contributed by atoms with Crippen LogP contribution in [-0.2, 0) is 13.6 Å². The van der Waals surface area contributed by atoms with Gasteiger partial charge in [0.05, 0.1) is 30.4 Å². The number of halogens is 2. The van der Waals surface area contributed by atoms with E-state index in [1.807, 2.05) is 6.07 Å². The molecule has 8 heteroatoms. The fraction of sp³-hybridized carbons (Fsp3) is 0.154. The van der Waals surface area contributed by atoms with Crippen molar-refractivity contribution in [1.82, 2.24) is 13.7 Å². The fourth-order valence-corrected chi connectivity index (χ4v) is 4.60. The van der Waals surface area contributed by atoms with Crippen molar-refractivity contribution in [2.45, 2.75) is 13.5 Å². The molecule has 5 rings (SSSR count). The summed E-state index contributed by atoms with van der Waals surface area (Å²) in [6, 6.07) is 16.7. The lowest BCUT2D eigenvalue weighted by molar-refractivity contribution is 0.415. The number of methoxy groups -OCH3 is 1. The summed E-state index contributed by atoms with van der Waals surface area (Å²) in [5.41, 5.74) is 1.85. The van der Waals surface area contributed by atoms with Gasteiger partial charge in [-0.25, -0.2) is 13.8 Å². The van der Waals surface area contributed by atoms with E-state index in [1.54, 1.807) is 74.2 Å². The number of nitrogens with zero attached hydrogens (tertiary/aromatic N) is 3. The Labute approximate surface area is 199 Å². The SMILES string of the molecule is COc1ccc2c(c1)c1c(c(=O)n(-c3cc(Cl)ccc3C)c(=O)n1Cc1ccccc1F)n2C. The summed E-state index contributed by atoms with van der Waals surface area (Å²) in [7, 11) is 3.32. The van der Waals surface area contributed by atoms with Crippen molar-refractivity contribution in [1.29, 1.82) is 0 Å². The maximum atomic E-state index is 14.6. The van der Waals surface area contributed by atoms with E-state index >= 15 is 0 Å². The Balaban J connectivity index is 1.98. The van der Waals surface area contributed by atoms with E-state index in [4.69, 9.17) is 16.3 Å². The molecule has 0 amide bonds. The van der Waals surface area contributed by atoms with E-state index in [0.29, 0.717) is 44.0 Å². The Bertz CT molecular complexity index is 1720. The van der Waals surface area contributed by atoms with Crippen LogP contribution in [0.4, 0.5) is 4.39 Å². The lowest BCUT2D eigenvalue weighted by Gasteiger charge is -2.15. The van der Waals surface area contributed by atoms with Gasteiger partial charge in [-0.3, -0.25) is 9.36 Å². The van der Waals surface area contributed by atoms with Crippen molar-refractivity contribution in [3.05, 3.63) is 103 Å². The summed E-state index contributed by atoms with van der Waals surface area (Å²) < 4.78 is 24.3. The molecule has 0 aliphatic carbocycles. The molecule has 3 aromatic carbocycles. The van der Waals surface area contributed by atoms with Gasteiger partial charge in [-0.2, -0.15) is 0 Å². The summed E-state index contributed by atoms with van der Waals surface area (Å²) >= 11 is 6.22. The highest BCUT2D eigenvalue weighted by molar-refractivity contribution is 6.30. The highest BCUT2D eigenvalue weighted by atomic mass is 35.5. The first-order valence-electron chi connectivity index (χ1n) is 10.6. The molecule has 0 aliphatic heterocycles. The monoisotopic (exact) mass is 477 g/mol. The van der Waals surface area contributed by atoms with Crippen LogP contribution in [0.5, 0.6) is 5.75 Å². The van der Waals surface area contributed by atoms with Crippen LogP contribution in [0.3, 0.4) is 0 Å². The van der Waals surface area contributed by atoms with Crippen LogP contribution in [-0.4, -0.2) is 20.8 Å². The molecule has 0 saturated heterocycles. The van der Waals surface area contributed by atoms with E-state index in [-0.39, 0.29) is 6.54 Å². The normalized spacial score (nSPS) is 11.4. The molecule has 0 spiro atoms. The molecule has 5 aromatic rings. The minimum absolute atomic E-state index is 0.0573. The molecule has 34 heavy (non-hydrogen) atoms. The average molecular weight is 478 g/mol. The summed E-state index contributed by atoms with van der Waals surface area (Å²) in [6.07, 6.45) is 0. The minimum Gasteiger partial charge on any atom is -0.497 e. The largest absolute Gasteiger partial charge is 0.497 e. The van der Waals surface area contributed by atoms with E-state index in [0.717, 1.165) is 10.1 Å². The quantitative estimate of drug-likeness (QED) is 0.373. The molecule has 0 bridgehead atoms. The molecule has 0 radical (unpaired) electrons. The molecule has 0 aliphatic rings. The molecular weight excluding hydrogens is 457 g/mol. The number of fused-ring (bicyclic) bond motifs is 3. The van der Waals surface area contributed by atoms with E-state index < -0.39 is 17.1 Å². The molecule has 0 atom stereocenters. The van der Waals surface area contributed by atoms with Crippen LogP contribution in [0.1, 0.15) is 11.1 Å². The second kappa shape index (κ2) is 8.18. The van der Waals surface area contributed by atoms with Gasteiger partial charge in [-0.15, -0.1) is 0 Å². The Morgan fingerprint density at radius 3 is 2.50 bits per heavy atom. The Morgan fingerprint density at radius 1 is 1.00 bits per heavy atom.